The molecule has 0 aliphatic heterocycles. The van der Waals surface area contributed by atoms with Gasteiger partial charge in [0.25, 0.3) is 0 Å². The Balaban J connectivity index is 0. The molecule has 0 radical (unpaired) electrons. The van der Waals surface area contributed by atoms with Gasteiger partial charge in [-0.15, -0.1) is 0 Å². The summed E-state index contributed by atoms with van der Waals surface area (Å²) in [6.45, 7) is 5.73. The highest BCUT2D eigenvalue weighted by molar-refractivity contribution is 9.10. The van der Waals surface area contributed by atoms with Crippen LogP contribution in [-0.4, -0.2) is 17.1 Å². The lowest BCUT2D eigenvalue weighted by Gasteiger charge is -1.99. The average molecular weight is 302 g/mol. The lowest BCUT2D eigenvalue weighted by molar-refractivity contribution is 0.322. The van der Waals surface area contributed by atoms with Crippen LogP contribution < -0.4 is 5.43 Å². The number of hydrogen-bond acceptors (Lipinski definition) is 4. The molecule has 1 rings (SSSR count). The molecule has 0 saturated heterocycles. The van der Waals surface area contributed by atoms with Gasteiger partial charge in [-0.1, -0.05) is 42.4 Å². The molecule has 1 aromatic rings. The molecule has 96 valence electrons. The molecule has 0 fully saturated rings. The molecule has 2 N–H and O–H groups in total. The number of nitrogens with zero attached hydrogens (tertiary/aromatic N) is 2. The van der Waals surface area contributed by atoms with Crippen LogP contribution in [0, 0.1) is 0 Å². The molecule has 0 bridgehead atoms. The third-order valence-electron chi connectivity index (χ3n) is 1.45. The maximum atomic E-state index is 8.22. The van der Waals surface area contributed by atoms with Crippen LogP contribution >= 0.6 is 15.9 Å². The summed E-state index contributed by atoms with van der Waals surface area (Å²) < 4.78 is 1.01. The van der Waals surface area contributed by atoms with E-state index in [-0.39, 0.29) is 7.43 Å². The van der Waals surface area contributed by atoms with Crippen LogP contribution in [-0.2, 0) is 0 Å². The van der Waals surface area contributed by atoms with Crippen LogP contribution in [0.2, 0.25) is 0 Å². The van der Waals surface area contributed by atoms with Gasteiger partial charge >= 0.3 is 0 Å². The van der Waals surface area contributed by atoms with Crippen molar-refractivity contribution in [1.82, 2.24) is 0 Å². The summed E-state index contributed by atoms with van der Waals surface area (Å²) in [5.41, 5.74) is 4.29. The highest BCUT2D eigenvalue weighted by atomic mass is 79.9. The Bertz CT molecular complexity index is 347. The number of anilines is 1. The largest absolute Gasteiger partial charge is 0.411 e. The van der Waals surface area contributed by atoms with Crippen molar-refractivity contribution >= 4 is 33.5 Å². The summed E-state index contributed by atoms with van der Waals surface area (Å²) in [4.78, 5) is 0. The van der Waals surface area contributed by atoms with Gasteiger partial charge in [-0.3, -0.25) is 5.43 Å². The second-order valence-electron chi connectivity index (χ2n) is 2.62. The standard InChI is InChI=1S/C9H10BrN3O.C2H6.CH4/c1-7(6-11-14)12-13-9-4-2-8(10)3-5-9;1-2;/h2-6,13-14H,1H3;1-2H3;1H4/b11-6+,12-7+;;. The Kier molecular flexibility index (Phi) is 11.8. The predicted octanol–water partition coefficient (Wildman–Crippen LogP) is 4.36. The second kappa shape index (κ2) is 11.1. The molecule has 0 amide bonds. The number of hydrogen-bond donors (Lipinski definition) is 2. The van der Waals surface area contributed by atoms with Gasteiger partial charge in [0.05, 0.1) is 17.6 Å². The number of nitrogens with one attached hydrogen (secondary N) is 1. The predicted molar refractivity (Wildman–Crippen MR) is 79.2 cm³/mol. The van der Waals surface area contributed by atoms with Crippen molar-refractivity contribution < 1.29 is 5.21 Å². The van der Waals surface area contributed by atoms with Crippen molar-refractivity contribution in [3.63, 3.8) is 0 Å². The Hall–Kier alpha value is -1.36. The first-order valence-electron chi connectivity index (χ1n) is 4.95. The van der Waals surface area contributed by atoms with Crippen molar-refractivity contribution in [2.75, 3.05) is 5.43 Å². The minimum Gasteiger partial charge on any atom is -0.411 e. The first kappa shape index (κ1) is 18.0. The summed E-state index contributed by atoms with van der Waals surface area (Å²) in [5, 5.41) is 15.0. The van der Waals surface area contributed by atoms with Crippen molar-refractivity contribution in [1.29, 1.82) is 0 Å². The summed E-state index contributed by atoms with van der Waals surface area (Å²) >= 11 is 3.33. The number of hydrazone groups is 1. The maximum Gasteiger partial charge on any atom is 0.0891 e. The van der Waals surface area contributed by atoms with E-state index in [4.69, 9.17) is 5.21 Å². The third kappa shape index (κ3) is 8.45. The zero-order chi connectivity index (χ0) is 12.4. The van der Waals surface area contributed by atoms with E-state index in [0.717, 1.165) is 10.2 Å². The molecular formula is C12H20BrN3O. The van der Waals surface area contributed by atoms with Crippen molar-refractivity contribution in [2.45, 2.75) is 28.2 Å². The molecule has 4 nitrogen and oxygen atoms in total. The zero-order valence-electron chi connectivity index (χ0n) is 9.61. The Morgan fingerprint density at radius 1 is 1.29 bits per heavy atom. The van der Waals surface area contributed by atoms with E-state index in [2.05, 4.69) is 31.6 Å². The van der Waals surface area contributed by atoms with Gasteiger partial charge in [-0.25, -0.2) is 0 Å². The number of halogens is 1. The molecule has 0 aromatic heterocycles. The van der Waals surface area contributed by atoms with Crippen molar-refractivity contribution in [3.8, 4) is 0 Å². The molecule has 5 heteroatoms. The van der Waals surface area contributed by atoms with Crippen LogP contribution in [0.1, 0.15) is 28.2 Å². The fourth-order valence-electron chi connectivity index (χ4n) is 0.790. The Labute approximate surface area is 112 Å². The first-order valence-corrected chi connectivity index (χ1v) is 5.75. The lowest BCUT2D eigenvalue weighted by Crippen LogP contribution is -1.98. The molecule has 0 heterocycles. The van der Waals surface area contributed by atoms with Crippen LogP contribution in [0.3, 0.4) is 0 Å². The smallest absolute Gasteiger partial charge is 0.0891 e. The lowest BCUT2D eigenvalue weighted by atomic mass is 10.3. The Morgan fingerprint density at radius 2 is 1.82 bits per heavy atom. The molecule has 0 atom stereocenters. The summed E-state index contributed by atoms with van der Waals surface area (Å²) in [6.07, 6.45) is 1.26. The topological polar surface area (TPSA) is 57.0 Å². The van der Waals surface area contributed by atoms with Gasteiger partial charge in [0.2, 0.25) is 0 Å². The SMILES string of the molecule is C.CC.CC(/C=N/O)=N\Nc1ccc(Br)cc1. The van der Waals surface area contributed by atoms with E-state index in [1.807, 2.05) is 38.1 Å². The zero-order valence-corrected chi connectivity index (χ0v) is 11.2. The minimum atomic E-state index is 0. The van der Waals surface area contributed by atoms with Crippen molar-refractivity contribution in [2.24, 2.45) is 10.3 Å². The molecule has 0 saturated carbocycles. The van der Waals surface area contributed by atoms with E-state index >= 15 is 0 Å². The number of oxime groups is 1. The third-order valence-corrected chi connectivity index (χ3v) is 1.98. The highest BCUT2D eigenvalue weighted by Gasteiger charge is 1.90. The average Bonchev–Trinajstić information content (AvgIpc) is 2.31. The molecule has 0 unspecified atom stereocenters. The molecule has 1 aromatic carbocycles. The van der Waals surface area contributed by atoms with E-state index in [0.29, 0.717) is 5.71 Å². The quantitative estimate of drug-likeness (QED) is 0.495. The Morgan fingerprint density at radius 3 is 2.29 bits per heavy atom. The first-order chi connectivity index (χ1) is 7.72. The molecule has 0 aliphatic carbocycles. The van der Waals surface area contributed by atoms with Crippen LogP contribution in [0.15, 0.2) is 39.0 Å². The van der Waals surface area contributed by atoms with Crippen LogP contribution in [0.25, 0.3) is 0 Å². The van der Waals surface area contributed by atoms with E-state index in [1.165, 1.54) is 6.21 Å². The van der Waals surface area contributed by atoms with Crippen molar-refractivity contribution in [3.05, 3.63) is 28.7 Å². The fourth-order valence-corrected chi connectivity index (χ4v) is 1.05. The minimum absolute atomic E-state index is 0. The molecule has 0 aliphatic rings. The number of benzene rings is 1. The summed E-state index contributed by atoms with van der Waals surface area (Å²) in [5.74, 6) is 0. The monoisotopic (exact) mass is 301 g/mol. The van der Waals surface area contributed by atoms with Gasteiger partial charge in [-0.2, -0.15) is 5.10 Å². The van der Waals surface area contributed by atoms with E-state index in [1.54, 1.807) is 6.92 Å². The second-order valence-corrected chi connectivity index (χ2v) is 3.53. The van der Waals surface area contributed by atoms with Crippen LogP contribution in [0.5, 0.6) is 0 Å². The highest BCUT2D eigenvalue weighted by Crippen LogP contribution is 2.13. The van der Waals surface area contributed by atoms with E-state index < -0.39 is 0 Å². The summed E-state index contributed by atoms with van der Waals surface area (Å²) in [7, 11) is 0. The van der Waals surface area contributed by atoms with Gasteiger partial charge in [0, 0.05) is 4.47 Å². The van der Waals surface area contributed by atoms with Gasteiger partial charge in [0.1, 0.15) is 0 Å². The maximum absolute atomic E-state index is 8.22. The normalized spacial score (nSPS) is 10.2. The molecule has 17 heavy (non-hydrogen) atoms. The number of rotatable bonds is 3. The summed E-state index contributed by atoms with van der Waals surface area (Å²) in [6, 6.07) is 7.59. The molecular weight excluding hydrogens is 282 g/mol. The van der Waals surface area contributed by atoms with E-state index in [9.17, 15) is 0 Å². The van der Waals surface area contributed by atoms with Gasteiger partial charge in [-0.05, 0) is 31.2 Å². The van der Waals surface area contributed by atoms with Gasteiger partial charge < -0.3 is 5.21 Å². The fraction of sp³-hybridized carbons (Fsp3) is 0.333. The van der Waals surface area contributed by atoms with Crippen LogP contribution in [0.4, 0.5) is 5.69 Å². The molecule has 0 spiro atoms. The van der Waals surface area contributed by atoms with Gasteiger partial charge in [0.15, 0.2) is 0 Å².